The number of aliphatic carboxylic acids is 1. The summed E-state index contributed by atoms with van der Waals surface area (Å²) in [5, 5.41) is 8.86. The Balaban J connectivity index is 2.99. The lowest BCUT2D eigenvalue weighted by atomic mass is 10.1. The third-order valence-electron chi connectivity index (χ3n) is 3.02. The number of nitrogens with zero attached hydrogens (tertiary/aromatic N) is 1. The fourth-order valence-corrected chi connectivity index (χ4v) is 2.10. The number of carbonyl (C=O) groups is 2. The number of hydrogen-bond acceptors (Lipinski definition) is 3. The van der Waals surface area contributed by atoms with E-state index in [9.17, 15) is 9.59 Å². The topological polar surface area (TPSA) is 66.8 Å². The van der Waals surface area contributed by atoms with Gasteiger partial charge in [-0.05, 0) is 32.9 Å². The van der Waals surface area contributed by atoms with E-state index in [1.165, 1.54) is 0 Å². The van der Waals surface area contributed by atoms with Gasteiger partial charge in [-0.2, -0.15) is 0 Å². The molecule has 1 aromatic carbocycles. The second-order valence-corrected chi connectivity index (χ2v) is 4.47. The number of benzene rings is 1. The molecule has 0 heterocycles. The van der Waals surface area contributed by atoms with E-state index >= 15 is 0 Å². The maximum Gasteiger partial charge on any atom is 0.305 e. The zero-order valence-electron chi connectivity index (χ0n) is 12.1. The molecule has 0 spiro atoms. The van der Waals surface area contributed by atoms with E-state index in [1.807, 2.05) is 13.8 Å². The summed E-state index contributed by atoms with van der Waals surface area (Å²) in [7, 11) is 0. The summed E-state index contributed by atoms with van der Waals surface area (Å²) in [6, 6.07) is 6.65. The maximum absolute atomic E-state index is 12.5. The van der Waals surface area contributed by atoms with E-state index in [4.69, 9.17) is 9.84 Å². The molecule has 0 aliphatic carbocycles. The van der Waals surface area contributed by atoms with Crippen LogP contribution < -0.4 is 4.74 Å². The normalized spacial score (nSPS) is 11.8. The Labute approximate surface area is 119 Å². The Bertz CT molecular complexity index is 473. The average molecular weight is 279 g/mol. The van der Waals surface area contributed by atoms with Crippen molar-refractivity contribution in [2.24, 2.45) is 0 Å². The predicted octanol–water partition coefficient (Wildman–Crippen LogP) is 2.41. The minimum atomic E-state index is -0.915. The zero-order chi connectivity index (χ0) is 15.1. The summed E-state index contributed by atoms with van der Waals surface area (Å²) in [5.41, 5.74) is 0.466. The fourth-order valence-electron chi connectivity index (χ4n) is 2.10. The molecular formula is C15H21NO4. The zero-order valence-corrected chi connectivity index (χ0v) is 12.1. The molecule has 0 fully saturated rings. The summed E-state index contributed by atoms with van der Waals surface area (Å²) < 4.78 is 5.45. The lowest BCUT2D eigenvalue weighted by molar-refractivity contribution is -0.138. The van der Waals surface area contributed by atoms with E-state index < -0.39 is 5.97 Å². The van der Waals surface area contributed by atoms with Crippen molar-refractivity contribution in [3.05, 3.63) is 29.8 Å². The van der Waals surface area contributed by atoms with Gasteiger partial charge in [-0.25, -0.2) is 0 Å². The standard InChI is InChI=1S/C15H21NO4/c1-4-16(11(3)10-14(17)18)15(19)12-8-6-7-9-13(12)20-5-2/h6-9,11H,4-5,10H2,1-3H3,(H,17,18). The van der Waals surface area contributed by atoms with Gasteiger partial charge in [0.1, 0.15) is 5.75 Å². The minimum absolute atomic E-state index is 0.0730. The van der Waals surface area contributed by atoms with Gasteiger partial charge in [0.05, 0.1) is 18.6 Å². The minimum Gasteiger partial charge on any atom is -0.493 e. The summed E-state index contributed by atoms with van der Waals surface area (Å²) in [6.07, 6.45) is -0.0730. The molecule has 20 heavy (non-hydrogen) atoms. The van der Waals surface area contributed by atoms with Crippen molar-refractivity contribution in [1.29, 1.82) is 0 Å². The van der Waals surface area contributed by atoms with Crippen LogP contribution in [0.15, 0.2) is 24.3 Å². The second-order valence-electron chi connectivity index (χ2n) is 4.47. The molecule has 5 nitrogen and oxygen atoms in total. The number of para-hydroxylation sites is 1. The Hall–Kier alpha value is -2.04. The molecule has 1 unspecified atom stereocenters. The lowest BCUT2D eigenvalue weighted by Crippen LogP contribution is -2.39. The lowest BCUT2D eigenvalue weighted by Gasteiger charge is -2.27. The number of amides is 1. The van der Waals surface area contributed by atoms with E-state index in [-0.39, 0.29) is 18.4 Å². The molecule has 1 N–H and O–H groups in total. The fraction of sp³-hybridized carbons (Fsp3) is 0.467. The largest absolute Gasteiger partial charge is 0.493 e. The van der Waals surface area contributed by atoms with Gasteiger partial charge < -0.3 is 14.7 Å². The number of carboxylic acid groups (broad SMARTS) is 1. The van der Waals surface area contributed by atoms with Gasteiger partial charge in [0.2, 0.25) is 0 Å². The van der Waals surface area contributed by atoms with Crippen molar-refractivity contribution in [2.75, 3.05) is 13.2 Å². The Kier molecular flexibility index (Phi) is 6.03. The van der Waals surface area contributed by atoms with Crippen molar-refractivity contribution >= 4 is 11.9 Å². The van der Waals surface area contributed by atoms with E-state index in [0.29, 0.717) is 24.5 Å². The van der Waals surface area contributed by atoms with Gasteiger partial charge in [-0.3, -0.25) is 9.59 Å². The van der Waals surface area contributed by atoms with Crippen LogP contribution in [0.25, 0.3) is 0 Å². The smallest absolute Gasteiger partial charge is 0.305 e. The van der Waals surface area contributed by atoms with Gasteiger partial charge >= 0.3 is 5.97 Å². The summed E-state index contributed by atoms with van der Waals surface area (Å²) in [5.74, 6) is -0.590. The van der Waals surface area contributed by atoms with Gasteiger partial charge in [-0.15, -0.1) is 0 Å². The molecular weight excluding hydrogens is 258 g/mol. The van der Waals surface area contributed by atoms with Crippen LogP contribution in [0.3, 0.4) is 0 Å². The van der Waals surface area contributed by atoms with Crippen molar-refractivity contribution in [3.63, 3.8) is 0 Å². The first-order valence-corrected chi connectivity index (χ1v) is 6.75. The molecule has 5 heteroatoms. The van der Waals surface area contributed by atoms with Crippen LogP contribution in [0.1, 0.15) is 37.6 Å². The van der Waals surface area contributed by atoms with Crippen LogP contribution in [-0.2, 0) is 4.79 Å². The SMILES string of the molecule is CCOc1ccccc1C(=O)N(CC)C(C)CC(=O)O. The molecule has 0 aromatic heterocycles. The van der Waals surface area contributed by atoms with Crippen LogP contribution in [0, 0.1) is 0 Å². The van der Waals surface area contributed by atoms with Crippen molar-refractivity contribution < 1.29 is 19.4 Å². The van der Waals surface area contributed by atoms with Crippen molar-refractivity contribution in [3.8, 4) is 5.75 Å². The monoisotopic (exact) mass is 279 g/mol. The highest BCUT2D eigenvalue weighted by atomic mass is 16.5. The number of carbonyl (C=O) groups excluding carboxylic acids is 1. The molecule has 0 saturated heterocycles. The quantitative estimate of drug-likeness (QED) is 0.832. The summed E-state index contributed by atoms with van der Waals surface area (Å²) >= 11 is 0. The molecule has 1 rings (SSSR count). The van der Waals surface area contributed by atoms with Crippen LogP contribution in [0.2, 0.25) is 0 Å². The van der Waals surface area contributed by atoms with Gasteiger partial charge in [-0.1, -0.05) is 12.1 Å². The number of ether oxygens (including phenoxy) is 1. The second kappa shape index (κ2) is 7.53. The van der Waals surface area contributed by atoms with Gasteiger partial charge in [0.25, 0.3) is 5.91 Å². The van der Waals surface area contributed by atoms with Crippen LogP contribution in [0.4, 0.5) is 0 Å². The first-order chi connectivity index (χ1) is 9.51. The molecule has 0 aliphatic heterocycles. The molecule has 1 amide bonds. The molecule has 0 bridgehead atoms. The number of hydrogen-bond donors (Lipinski definition) is 1. The highest BCUT2D eigenvalue weighted by Crippen LogP contribution is 2.21. The van der Waals surface area contributed by atoms with Crippen LogP contribution >= 0.6 is 0 Å². The van der Waals surface area contributed by atoms with E-state index in [1.54, 1.807) is 36.1 Å². The molecule has 0 radical (unpaired) electrons. The van der Waals surface area contributed by atoms with Crippen LogP contribution in [0.5, 0.6) is 5.75 Å². The Morgan fingerprint density at radius 3 is 2.50 bits per heavy atom. The number of rotatable bonds is 7. The third-order valence-corrected chi connectivity index (χ3v) is 3.02. The molecule has 0 saturated carbocycles. The Morgan fingerprint density at radius 2 is 1.95 bits per heavy atom. The highest BCUT2D eigenvalue weighted by molar-refractivity contribution is 5.97. The van der Waals surface area contributed by atoms with Gasteiger partial charge in [0.15, 0.2) is 0 Å². The van der Waals surface area contributed by atoms with Crippen molar-refractivity contribution in [1.82, 2.24) is 4.90 Å². The Morgan fingerprint density at radius 1 is 1.30 bits per heavy atom. The third kappa shape index (κ3) is 3.98. The molecule has 1 atom stereocenters. The summed E-state index contributed by atoms with van der Waals surface area (Å²) in [6.45, 7) is 6.35. The molecule has 0 aliphatic rings. The van der Waals surface area contributed by atoms with Crippen LogP contribution in [-0.4, -0.2) is 41.1 Å². The van der Waals surface area contributed by atoms with Crippen molar-refractivity contribution in [2.45, 2.75) is 33.2 Å². The van der Waals surface area contributed by atoms with Gasteiger partial charge in [0, 0.05) is 12.6 Å². The first kappa shape index (κ1) is 16.0. The summed E-state index contributed by atoms with van der Waals surface area (Å²) in [4.78, 5) is 24.9. The molecule has 110 valence electrons. The maximum atomic E-state index is 12.5. The first-order valence-electron chi connectivity index (χ1n) is 6.75. The van der Waals surface area contributed by atoms with E-state index in [0.717, 1.165) is 0 Å². The molecule has 1 aromatic rings. The predicted molar refractivity (Wildman–Crippen MR) is 76.0 cm³/mol. The average Bonchev–Trinajstić information content (AvgIpc) is 2.39. The highest BCUT2D eigenvalue weighted by Gasteiger charge is 2.24. The van der Waals surface area contributed by atoms with E-state index in [2.05, 4.69) is 0 Å². The number of carboxylic acids is 1.